The van der Waals surface area contributed by atoms with Crippen molar-refractivity contribution in [2.24, 2.45) is 0 Å². The van der Waals surface area contributed by atoms with Crippen LogP contribution in [-0.2, 0) is 4.74 Å². The van der Waals surface area contributed by atoms with E-state index in [9.17, 15) is 9.50 Å². The number of halogens is 1. The molecule has 2 rings (SSSR count). The summed E-state index contributed by atoms with van der Waals surface area (Å²) in [5.41, 5.74) is 0.585. The molecule has 0 aliphatic carbocycles. The number of nitrogens with one attached hydrogen (secondary N) is 1. The standard InChI is InChI=1S/C14H20FNO2/c1-10(12-5-4-11(15)8-13(12)17)16-9-14(2)6-3-7-18-14/h4-5,8,10,16-17H,3,6-7,9H2,1-2H3. The molecule has 1 aromatic rings. The largest absolute Gasteiger partial charge is 0.508 e. The van der Waals surface area contributed by atoms with E-state index in [1.165, 1.54) is 6.07 Å². The van der Waals surface area contributed by atoms with Crippen molar-refractivity contribution in [2.45, 2.75) is 38.3 Å². The first-order valence-electron chi connectivity index (χ1n) is 6.36. The Balaban J connectivity index is 1.97. The lowest BCUT2D eigenvalue weighted by Crippen LogP contribution is -2.38. The van der Waals surface area contributed by atoms with Crippen molar-refractivity contribution in [3.8, 4) is 5.75 Å². The minimum absolute atomic E-state index is 0.00695. The van der Waals surface area contributed by atoms with Gasteiger partial charge in [-0.05, 0) is 32.8 Å². The molecule has 0 amide bonds. The topological polar surface area (TPSA) is 41.5 Å². The van der Waals surface area contributed by atoms with Gasteiger partial charge in [0.15, 0.2) is 0 Å². The number of ether oxygens (including phenoxy) is 1. The molecule has 18 heavy (non-hydrogen) atoms. The highest BCUT2D eigenvalue weighted by atomic mass is 19.1. The molecule has 0 saturated carbocycles. The summed E-state index contributed by atoms with van der Waals surface area (Å²) in [5, 5.41) is 13.0. The van der Waals surface area contributed by atoms with Gasteiger partial charge in [-0.15, -0.1) is 0 Å². The molecule has 2 atom stereocenters. The smallest absolute Gasteiger partial charge is 0.126 e. The van der Waals surface area contributed by atoms with E-state index in [1.807, 2.05) is 6.92 Å². The monoisotopic (exact) mass is 253 g/mol. The van der Waals surface area contributed by atoms with Crippen molar-refractivity contribution < 1.29 is 14.2 Å². The van der Waals surface area contributed by atoms with Crippen LogP contribution in [-0.4, -0.2) is 23.9 Å². The number of phenolic OH excluding ortho intramolecular Hbond substituents is 1. The lowest BCUT2D eigenvalue weighted by molar-refractivity contribution is 0.0190. The van der Waals surface area contributed by atoms with Crippen LogP contribution >= 0.6 is 0 Å². The molecular formula is C14H20FNO2. The maximum absolute atomic E-state index is 12.9. The number of benzene rings is 1. The summed E-state index contributed by atoms with van der Waals surface area (Å²) in [6.45, 7) is 5.58. The zero-order chi connectivity index (χ0) is 13.2. The number of aromatic hydroxyl groups is 1. The molecule has 0 radical (unpaired) electrons. The molecular weight excluding hydrogens is 233 g/mol. The normalized spacial score (nSPS) is 25.3. The second-order valence-electron chi connectivity index (χ2n) is 5.21. The van der Waals surface area contributed by atoms with Gasteiger partial charge in [0.2, 0.25) is 0 Å². The molecule has 0 bridgehead atoms. The van der Waals surface area contributed by atoms with E-state index in [0.717, 1.165) is 32.1 Å². The lowest BCUT2D eigenvalue weighted by atomic mass is 10.0. The first-order valence-corrected chi connectivity index (χ1v) is 6.36. The molecule has 1 heterocycles. The van der Waals surface area contributed by atoms with Crippen LogP contribution in [0.2, 0.25) is 0 Å². The van der Waals surface area contributed by atoms with Crippen LogP contribution in [0, 0.1) is 5.82 Å². The number of phenols is 1. The SMILES string of the molecule is CC(NCC1(C)CCCO1)c1ccc(F)cc1O. The fraction of sp³-hybridized carbons (Fsp3) is 0.571. The third kappa shape index (κ3) is 3.00. The van der Waals surface area contributed by atoms with Gasteiger partial charge in [-0.3, -0.25) is 0 Å². The van der Waals surface area contributed by atoms with E-state index in [-0.39, 0.29) is 17.4 Å². The van der Waals surface area contributed by atoms with E-state index in [2.05, 4.69) is 12.2 Å². The van der Waals surface area contributed by atoms with Crippen LogP contribution in [0.15, 0.2) is 18.2 Å². The third-order valence-electron chi connectivity index (χ3n) is 3.54. The van der Waals surface area contributed by atoms with Crippen LogP contribution in [0.1, 0.15) is 38.3 Å². The summed E-state index contributed by atoms with van der Waals surface area (Å²) >= 11 is 0. The molecule has 0 spiro atoms. The summed E-state index contributed by atoms with van der Waals surface area (Å²) in [5.74, 6) is -0.429. The Labute approximate surface area is 107 Å². The Bertz CT molecular complexity index is 416. The zero-order valence-electron chi connectivity index (χ0n) is 10.9. The van der Waals surface area contributed by atoms with Gasteiger partial charge >= 0.3 is 0 Å². The molecule has 100 valence electrons. The number of hydrogen-bond acceptors (Lipinski definition) is 3. The van der Waals surface area contributed by atoms with Crippen LogP contribution in [0.4, 0.5) is 4.39 Å². The quantitative estimate of drug-likeness (QED) is 0.867. The Morgan fingerprint density at radius 1 is 1.56 bits per heavy atom. The van der Waals surface area contributed by atoms with Gasteiger partial charge in [0.05, 0.1) is 5.60 Å². The lowest BCUT2D eigenvalue weighted by Gasteiger charge is -2.26. The van der Waals surface area contributed by atoms with E-state index in [0.29, 0.717) is 5.56 Å². The van der Waals surface area contributed by atoms with E-state index >= 15 is 0 Å². The highest BCUT2D eigenvalue weighted by Gasteiger charge is 2.30. The van der Waals surface area contributed by atoms with E-state index in [1.54, 1.807) is 6.07 Å². The minimum Gasteiger partial charge on any atom is -0.508 e. The van der Waals surface area contributed by atoms with Gasteiger partial charge in [-0.25, -0.2) is 4.39 Å². The molecule has 2 N–H and O–H groups in total. The van der Waals surface area contributed by atoms with Gasteiger partial charge in [0.1, 0.15) is 11.6 Å². The fourth-order valence-corrected chi connectivity index (χ4v) is 2.34. The molecule has 2 unspecified atom stereocenters. The molecule has 1 fully saturated rings. The third-order valence-corrected chi connectivity index (χ3v) is 3.54. The molecule has 4 heteroatoms. The van der Waals surface area contributed by atoms with Crippen LogP contribution < -0.4 is 5.32 Å². The maximum Gasteiger partial charge on any atom is 0.126 e. The minimum atomic E-state index is -0.422. The highest BCUT2D eigenvalue weighted by Crippen LogP contribution is 2.27. The fourth-order valence-electron chi connectivity index (χ4n) is 2.34. The average Bonchev–Trinajstić information content (AvgIpc) is 2.74. The van der Waals surface area contributed by atoms with E-state index < -0.39 is 5.82 Å². The van der Waals surface area contributed by atoms with Crippen LogP contribution in [0.5, 0.6) is 5.75 Å². The van der Waals surface area contributed by atoms with Crippen molar-refractivity contribution >= 4 is 0 Å². The Morgan fingerprint density at radius 2 is 2.33 bits per heavy atom. The van der Waals surface area contributed by atoms with Gasteiger partial charge in [0, 0.05) is 30.8 Å². The zero-order valence-corrected chi connectivity index (χ0v) is 10.9. The number of rotatable bonds is 4. The van der Waals surface area contributed by atoms with Crippen LogP contribution in [0.3, 0.4) is 0 Å². The molecule has 1 aliphatic rings. The number of hydrogen-bond donors (Lipinski definition) is 2. The second-order valence-corrected chi connectivity index (χ2v) is 5.21. The summed E-state index contributed by atoms with van der Waals surface area (Å²) in [7, 11) is 0. The average molecular weight is 253 g/mol. The van der Waals surface area contributed by atoms with Crippen molar-refractivity contribution in [1.29, 1.82) is 0 Å². The first kappa shape index (κ1) is 13.3. The van der Waals surface area contributed by atoms with Crippen molar-refractivity contribution in [1.82, 2.24) is 5.32 Å². The Hall–Kier alpha value is -1.13. The molecule has 3 nitrogen and oxygen atoms in total. The van der Waals surface area contributed by atoms with Crippen LogP contribution in [0.25, 0.3) is 0 Å². The summed E-state index contributed by atoms with van der Waals surface area (Å²) in [6.07, 6.45) is 2.14. The summed E-state index contributed by atoms with van der Waals surface area (Å²) in [4.78, 5) is 0. The predicted molar refractivity (Wildman–Crippen MR) is 68.1 cm³/mol. The van der Waals surface area contributed by atoms with Gasteiger partial charge in [0.25, 0.3) is 0 Å². The second kappa shape index (κ2) is 5.24. The molecule has 1 aromatic carbocycles. The van der Waals surface area contributed by atoms with Crippen molar-refractivity contribution in [2.75, 3.05) is 13.2 Å². The molecule has 1 saturated heterocycles. The maximum atomic E-state index is 12.9. The Morgan fingerprint density at radius 3 is 2.94 bits per heavy atom. The highest BCUT2D eigenvalue weighted by molar-refractivity contribution is 5.34. The van der Waals surface area contributed by atoms with E-state index in [4.69, 9.17) is 4.74 Å². The van der Waals surface area contributed by atoms with Crippen molar-refractivity contribution in [3.63, 3.8) is 0 Å². The molecule has 0 aromatic heterocycles. The summed E-state index contributed by atoms with van der Waals surface area (Å²) < 4.78 is 18.6. The molecule has 1 aliphatic heterocycles. The van der Waals surface area contributed by atoms with Gasteiger partial charge < -0.3 is 15.2 Å². The van der Waals surface area contributed by atoms with Crippen molar-refractivity contribution in [3.05, 3.63) is 29.6 Å². The summed E-state index contributed by atoms with van der Waals surface area (Å²) in [6, 6.07) is 4.08. The first-order chi connectivity index (χ1) is 8.50. The van der Waals surface area contributed by atoms with Gasteiger partial charge in [-0.2, -0.15) is 0 Å². The predicted octanol–water partition coefficient (Wildman–Crippen LogP) is 2.75. The Kier molecular flexibility index (Phi) is 3.88. The van der Waals surface area contributed by atoms with Gasteiger partial charge in [-0.1, -0.05) is 6.07 Å².